The fourth-order valence-corrected chi connectivity index (χ4v) is 3.58. The molecule has 2 N–H and O–H groups in total. The summed E-state index contributed by atoms with van der Waals surface area (Å²) in [7, 11) is 0. The maximum Gasteiger partial charge on any atom is 0.251 e. The molecule has 140 valence electrons. The third-order valence-electron chi connectivity index (χ3n) is 5.10. The van der Waals surface area contributed by atoms with Crippen molar-refractivity contribution in [2.75, 3.05) is 6.61 Å². The van der Waals surface area contributed by atoms with Crippen molar-refractivity contribution in [2.45, 2.75) is 44.6 Å². The number of rotatable bonds is 6. The van der Waals surface area contributed by atoms with Crippen LogP contribution in [-0.2, 0) is 4.79 Å². The molecule has 0 radical (unpaired) electrons. The monoisotopic (exact) mass is 364 g/mol. The highest BCUT2D eigenvalue weighted by Crippen LogP contribution is 2.38. The minimum atomic E-state index is -0.0325. The smallest absolute Gasteiger partial charge is 0.251 e. The molecule has 4 rings (SSSR count). The average molecular weight is 364 g/mol. The molecule has 5 nitrogen and oxygen atoms in total. The number of aromatic amines is 1. The molecule has 2 aromatic rings. The Morgan fingerprint density at radius 2 is 2.04 bits per heavy atom. The average Bonchev–Trinajstić information content (AvgIpc) is 3.42. The van der Waals surface area contributed by atoms with Gasteiger partial charge in [0.1, 0.15) is 5.75 Å². The maximum atomic E-state index is 12.5. The molecule has 2 fully saturated rings. The van der Waals surface area contributed by atoms with E-state index in [4.69, 9.17) is 4.74 Å². The second-order valence-corrected chi connectivity index (χ2v) is 7.18. The van der Waals surface area contributed by atoms with Gasteiger partial charge >= 0.3 is 0 Å². The van der Waals surface area contributed by atoms with Gasteiger partial charge in [0.25, 0.3) is 5.56 Å². The summed E-state index contributed by atoms with van der Waals surface area (Å²) in [5.41, 5.74) is 3.48. The molecular formula is C22H24N2O3. The summed E-state index contributed by atoms with van der Waals surface area (Å²) in [4.78, 5) is 27.2. The van der Waals surface area contributed by atoms with Gasteiger partial charge in [0.2, 0.25) is 5.91 Å². The van der Waals surface area contributed by atoms with Crippen LogP contribution in [0.3, 0.4) is 0 Å². The number of hydrogen-bond acceptors (Lipinski definition) is 3. The van der Waals surface area contributed by atoms with E-state index in [1.807, 2.05) is 49.4 Å². The van der Waals surface area contributed by atoms with E-state index >= 15 is 0 Å². The Balaban J connectivity index is 1.75. The molecule has 5 heteroatoms. The molecule has 1 aliphatic carbocycles. The fourth-order valence-electron chi connectivity index (χ4n) is 3.58. The quantitative estimate of drug-likeness (QED) is 0.826. The first-order valence-electron chi connectivity index (χ1n) is 9.62. The number of hydrogen-bond donors (Lipinski definition) is 2. The van der Waals surface area contributed by atoms with Gasteiger partial charge in [-0.05, 0) is 55.9 Å². The Morgan fingerprint density at radius 3 is 2.70 bits per heavy atom. The minimum absolute atomic E-state index is 0.0164. The standard InChI is InChI=1S/C22H24N2O3/c1-2-27-17-5-3-4-15(12-17)19(13-16-8-11-21(25)23-16)20-10-9-18(14-6-7-14)22(26)24-20/h3-5,9-10,12-14,16H,2,6-8,11H2,1H3,(H,23,25)(H,24,26)/b19-13-/t16-/m1/s1. The SMILES string of the molecule is CCOc1cccc(/C(=C/[C@H]2CCC(=O)N2)c2ccc(C3CC3)c(=O)[nH]2)c1. The van der Waals surface area contributed by atoms with Crippen molar-refractivity contribution < 1.29 is 9.53 Å². The molecule has 0 unspecified atom stereocenters. The number of aromatic nitrogens is 1. The first-order valence-corrected chi connectivity index (χ1v) is 9.62. The van der Waals surface area contributed by atoms with E-state index in [9.17, 15) is 9.59 Å². The maximum absolute atomic E-state index is 12.5. The van der Waals surface area contributed by atoms with Gasteiger partial charge in [-0.1, -0.05) is 24.3 Å². The van der Waals surface area contributed by atoms with E-state index in [0.717, 1.165) is 47.4 Å². The number of nitrogens with one attached hydrogen (secondary N) is 2. The number of amides is 1. The van der Waals surface area contributed by atoms with Crippen molar-refractivity contribution in [3.8, 4) is 5.75 Å². The van der Waals surface area contributed by atoms with E-state index in [2.05, 4.69) is 10.3 Å². The summed E-state index contributed by atoms with van der Waals surface area (Å²) >= 11 is 0. The van der Waals surface area contributed by atoms with Crippen LogP contribution in [0.4, 0.5) is 0 Å². The van der Waals surface area contributed by atoms with Gasteiger partial charge in [0.05, 0.1) is 6.61 Å². The van der Waals surface area contributed by atoms with Crippen LogP contribution in [0.15, 0.2) is 47.3 Å². The van der Waals surface area contributed by atoms with Crippen molar-refractivity contribution in [2.24, 2.45) is 0 Å². The fraction of sp³-hybridized carbons (Fsp3) is 0.364. The van der Waals surface area contributed by atoms with Gasteiger partial charge in [0.15, 0.2) is 0 Å². The van der Waals surface area contributed by atoms with Gasteiger partial charge in [-0.15, -0.1) is 0 Å². The lowest BCUT2D eigenvalue weighted by Gasteiger charge is -2.14. The van der Waals surface area contributed by atoms with Gasteiger partial charge in [-0.3, -0.25) is 9.59 Å². The molecule has 0 bridgehead atoms. The van der Waals surface area contributed by atoms with Crippen molar-refractivity contribution in [1.82, 2.24) is 10.3 Å². The Kier molecular flexibility index (Phi) is 4.84. The predicted octanol–water partition coefficient (Wildman–Crippen LogP) is 3.36. The van der Waals surface area contributed by atoms with E-state index < -0.39 is 0 Å². The first kappa shape index (κ1) is 17.6. The number of carbonyl (C=O) groups is 1. The molecular weight excluding hydrogens is 340 g/mol. The Morgan fingerprint density at radius 1 is 1.19 bits per heavy atom. The number of H-pyrrole nitrogens is 1. The molecule has 1 amide bonds. The molecule has 1 aromatic carbocycles. The summed E-state index contributed by atoms with van der Waals surface area (Å²) in [6.45, 7) is 2.54. The van der Waals surface area contributed by atoms with Crippen LogP contribution in [-0.4, -0.2) is 23.5 Å². The third-order valence-corrected chi connectivity index (χ3v) is 5.10. The zero-order chi connectivity index (χ0) is 18.8. The van der Waals surface area contributed by atoms with Gasteiger partial charge < -0.3 is 15.0 Å². The lowest BCUT2D eigenvalue weighted by Crippen LogP contribution is -2.23. The summed E-state index contributed by atoms with van der Waals surface area (Å²) in [5, 5.41) is 2.98. The van der Waals surface area contributed by atoms with Crippen LogP contribution in [0.1, 0.15) is 55.3 Å². The lowest BCUT2D eigenvalue weighted by molar-refractivity contribution is -0.119. The highest BCUT2D eigenvalue weighted by atomic mass is 16.5. The molecule has 1 saturated carbocycles. The second kappa shape index (κ2) is 7.43. The molecule has 1 aliphatic heterocycles. The van der Waals surface area contributed by atoms with Gasteiger partial charge in [-0.25, -0.2) is 0 Å². The van der Waals surface area contributed by atoms with Crippen LogP contribution < -0.4 is 15.6 Å². The van der Waals surface area contributed by atoms with Gasteiger partial charge in [-0.2, -0.15) is 0 Å². The van der Waals surface area contributed by atoms with E-state index in [0.29, 0.717) is 18.9 Å². The van der Waals surface area contributed by atoms with E-state index in [1.54, 1.807) is 0 Å². The molecule has 1 aromatic heterocycles. The highest BCUT2D eigenvalue weighted by Gasteiger charge is 2.26. The predicted molar refractivity (Wildman–Crippen MR) is 105 cm³/mol. The molecule has 1 atom stereocenters. The molecule has 27 heavy (non-hydrogen) atoms. The zero-order valence-electron chi connectivity index (χ0n) is 15.5. The van der Waals surface area contributed by atoms with Gasteiger partial charge in [0, 0.05) is 29.3 Å². The van der Waals surface area contributed by atoms with Crippen molar-refractivity contribution in [1.29, 1.82) is 0 Å². The lowest BCUT2D eigenvalue weighted by atomic mass is 9.98. The van der Waals surface area contributed by atoms with Crippen LogP contribution in [0, 0.1) is 0 Å². The summed E-state index contributed by atoms with van der Waals surface area (Å²) < 4.78 is 5.63. The van der Waals surface area contributed by atoms with Crippen molar-refractivity contribution >= 4 is 11.5 Å². The molecule has 1 saturated heterocycles. The number of pyridine rings is 1. The summed E-state index contributed by atoms with van der Waals surface area (Å²) in [5.74, 6) is 1.26. The number of ether oxygens (including phenoxy) is 1. The van der Waals surface area contributed by atoms with Crippen LogP contribution in [0.25, 0.3) is 5.57 Å². The Bertz CT molecular complexity index is 941. The summed E-state index contributed by atoms with van der Waals surface area (Å²) in [6, 6.07) is 11.7. The van der Waals surface area contributed by atoms with E-state index in [-0.39, 0.29) is 17.5 Å². The van der Waals surface area contributed by atoms with Crippen LogP contribution in [0.2, 0.25) is 0 Å². The zero-order valence-corrected chi connectivity index (χ0v) is 15.5. The molecule has 2 aliphatic rings. The van der Waals surface area contributed by atoms with Crippen molar-refractivity contribution in [3.63, 3.8) is 0 Å². The van der Waals surface area contributed by atoms with E-state index in [1.165, 1.54) is 0 Å². The first-order chi connectivity index (χ1) is 13.1. The van der Waals surface area contributed by atoms with Crippen LogP contribution in [0.5, 0.6) is 5.75 Å². The highest BCUT2D eigenvalue weighted by molar-refractivity contribution is 5.82. The Hall–Kier alpha value is -2.82. The third kappa shape index (κ3) is 3.97. The number of carbonyl (C=O) groups excluding carboxylic acids is 1. The normalized spacial score (nSPS) is 19.8. The Labute approximate surface area is 158 Å². The largest absolute Gasteiger partial charge is 0.494 e. The molecule has 2 heterocycles. The summed E-state index contributed by atoms with van der Waals surface area (Å²) in [6.07, 6.45) is 5.52. The second-order valence-electron chi connectivity index (χ2n) is 7.18. The topological polar surface area (TPSA) is 71.2 Å². The van der Waals surface area contributed by atoms with Crippen molar-refractivity contribution in [3.05, 3.63) is 69.6 Å². The van der Waals surface area contributed by atoms with Crippen LogP contribution >= 0.6 is 0 Å². The molecule has 0 spiro atoms. The minimum Gasteiger partial charge on any atom is -0.494 e. The number of benzene rings is 1.